The maximum atomic E-state index is 11.2. The average Bonchev–Trinajstić information content (AvgIpc) is 2.59. The molecule has 0 aromatic carbocycles. The van der Waals surface area contributed by atoms with Crippen molar-refractivity contribution in [2.45, 2.75) is 13.3 Å². The summed E-state index contributed by atoms with van der Waals surface area (Å²) in [5.41, 5.74) is 1.77. The average molecular weight is 284 g/mol. The minimum Gasteiger partial charge on any atom is -0.388 e. The predicted octanol–water partition coefficient (Wildman–Crippen LogP) is 1.76. The van der Waals surface area contributed by atoms with E-state index in [9.17, 15) is 4.79 Å². The van der Waals surface area contributed by atoms with Gasteiger partial charge < -0.3 is 4.42 Å². The van der Waals surface area contributed by atoms with E-state index < -0.39 is 5.76 Å². The first-order valence-corrected chi connectivity index (χ1v) is 5.59. The highest BCUT2D eigenvalue weighted by atomic mass is 79.9. The van der Waals surface area contributed by atoms with E-state index in [1.54, 1.807) is 19.4 Å². The maximum Gasteiger partial charge on any atom is 0.437 e. The molecule has 0 amide bonds. The molecule has 0 aliphatic carbocycles. The third-order valence-electron chi connectivity index (χ3n) is 2.28. The summed E-state index contributed by atoms with van der Waals surface area (Å²) in [6.45, 7) is 2.02. The Labute approximate surface area is 100 Å². The van der Waals surface area contributed by atoms with Crippen molar-refractivity contribution in [1.82, 2.24) is 14.8 Å². The molecule has 2 rings (SSSR count). The van der Waals surface area contributed by atoms with Gasteiger partial charge in [0.2, 0.25) is 0 Å². The second kappa shape index (κ2) is 4.21. The summed E-state index contributed by atoms with van der Waals surface area (Å²) in [5, 5.41) is 4.01. The zero-order valence-corrected chi connectivity index (χ0v) is 10.5. The fraction of sp³-hybridized carbons (Fsp3) is 0.300. The summed E-state index contributed by atoms with van der Waals surface area (Å²) in [5.74, 6) is -0.171. The molecule has 0 fully saturated rings. The molecule has 0 spiro atoms. The largest absolute Gasteiger partial charge is 0.437 e. The summed E-state index contributed by atoms with van der Waals surface area (Å²) in [6, 6.07) is 0. The fourth-order valence-electron chi connectivity index (χ4n) is 1.46. The van der Waals surface area contributed by atoms with E-state index in [-0.39, 0.29) is 0 Å². The van der Waals surface area contributed by atoms with Gasteiger partial charge in [-0.3, -0.25) is 4.98 Å². The van der Waals surface area contributed by atoms with E-state index in [0.717, 1.165) is 26.7 Å². The Morgan fingerprint density at radius 3 is 2.81 bits per heavy atom. The Kier molecular flexibility index (Phi) is 2.91. The van der Waals surface area contributed by atoms with Crippen molar-refractivity contribution in [1.29, 1.82) is 0 Å². The van der Waals surface area contributed by atoms with Crippen molar-refractivity contribution in [2.24, 2.45) is 7.05 Å². The smallest absolute Gasteiger partial charge is 0.388 e. The molecular weight excluding hydrogens is 274 g/mol. The molecule has 0 aliphatic heterocycles. The molecule has 0 radical (unpaired) electrons. The molecule has 0 unspecified atom stereocenters. The molecule has 0 N–H and O–H groups in total. The lowest BCUT2D eigenvalue weighted by atomic mass is 10.1. The lowest BCUT2D eigenvalue weighted by molar-refractivity contribution is 0.504. The van der Waals surface area contributed by atoms with E-state index >= 15 is 0 Å². The van der Waals surface area contributed by atoms with Gasteiger partial charge in [-0.1, -0.05) is 6.92 Å². The highest BCUT2D eigenvalue weighted by molar-refractivity contribution is 9.10. The number of aromatic nitrogens is 3. The Morgan fingerprint density at radius 1 is 1.50 bits per heavy atom. The van der Waals surface area contributed by atoms with Gasteiger partial charge in [-0.15, -0.1) is 5.10 Å². The van der Waals surface area contributed by atoms with Crippen molar-refractivity contribution < 1.29 is 4.42 Å². The minimum absolute atomic E-state index is 0.304. The summed E-state index contributed by atoms with van der Waals surface area (Å²) < 4.78 is 7.09. The third kappa shape index (κ3) is 1.80. The normalized spacial score (nSPS) is 10.7. The summed E-state index contributed by atoms with van der Waals surface area (Å²) in [7, 11) is 1.55. The maximum absolute atomic E-state index is 11.2. The second-order valence-electron chi connectivity index (χ2n) is 3.30. The molecule has 0 aliphatic rings. The van der Waals surface area contributed by atoms with Crippen LogP contribution in [0.5, 0.6) is 0 Å². The number of hydrogen-bond donors (Lipinski definition) is 0. The van der Waals surface area contributed by atoms with Gasteiger partial charge in [-0.25, -0.2) is 4.79 Å². The highest BCUT2D eigenvalue weighted by Crippen LogP contribution is 2.26. The van der Waals surface area contributed by atoms with E-state index in [0.29, 0.717) is 5.89 Å². The third-order valence-corrected chi connectivity index (χ3v) is 2.96. The Bertz CT molecular complexity index is 574. The molecule has 6 heteroatoms. The second-order valence-corrected chi connectivity index (χ2v) is 4.15. The first-order valence-electron chi connectivity index (χ1n) is 4.80. The molecule has 2 heterocycles. The van der Waals surface area contributed by atoms with Crippen LogP contribution in [0.1, 0.15) is 12.5 Å². The van der Waals surface area contributed by atoms with Crippen LogP contribution < -0.4 is 5.76 Å². The number of rotatable bonds is 2. The number of aryl methyl sites for hydroxylation is 1. The van der Waals surface area contributed by atoms with E-state index in [1.165, 1.54) is 0 Å². The van der Waals surface area contributed by atoms with Gasteiger partial charge in [-0.2, -0.15) is 4.68 Å². The van der Waals surface area contributed by atoms with Crippen molar-refractivity contribution in [3.05, 3.63) is 33.0 Å². The van der Waals surface area contributed by atoms with Crippen LogP contribution in [0.15, 0.2) is 26.1 Å². The summed E-state index contributed by atoms with van der Waals surface area (Å²) >= 11 is 3.41. The summed E-state index contributed by atoms with van der Waals surface area (Å²) in [4.78, 5) is 15.2. The Hall–Kier alpha value is -1.43. The van der Waals surface area contributed by atoms with Crippen LogP contribution in [-0.4, -0.2) is 14.8 Å². The van der Waals surface area contributed by atoms with Gasteiger partial charge in [0.05, 0.1) is 5.56 Å². The number of hydrogen-bond acceptors (Lipinski definition) is 4. The van der Waals surface area contributed by atoms with Crippen LogP contribution in [0, 0.1) is 0 Å². The van der Waals surface area contributed by atoms with Crippen LogP contribution >= 0.6 is 15.9 Å². The van der Waals surface area contributed by atoms with Crippen LogP contribution in [0.2, 0.25) is 0 Å². The van der Waals surface area contributed by atoms with Crippen molar-refractivity contribution in [3.8, 4) is 11.5 Å². The van der Waals surface area contributed by atoms with Crippen LogP contribution in [0.3, 0.4) is 0 Å². The Morgan fingerprint density at radius 2 is 2.25 bits per heavy atom. The lowest BCUT2D eigenvalue weighted by Crippen LogP contribution is -2.09. The fourth-order valence-corrected chi connectivity index (χ4v) is 2.07. The lowest BCUT2D eigenvalue weighted by Gasteiger charge is -2.04. The molecule has 0 saturated heterocycles. The number of pyridine rings is 1. The van der Waals surface area contributed by atoms with Gasteiger partial charge in [0.1, 0.15) is 0 Å². The van der Waals surface area contributed by atoms with Crippen LogP contribution in [-0.2, 0) is 13.5 Å². The van der Waals surface area contributed by atoms with E-state index in [2.05, 4.69) is 26.0 Å². The first-order chi connectivity index (χ1) is 7.63. The molecule has 0 bridgehead atoms. The minimum atomic E-state index is -0.475. The van der Waals surface area contributed by atoms with Crippen LogP contribution in [0.25, 0.3) is 11.5 Å². The van der Waals surface area contributed by atoms with Gasteiger partial charge >= 0.3 is 5.76 Å². The number of nitrogens with zero attached hydrogens (tertiary/aromatic N) is 3. The molecule has 0 atom stereocenters. The monoisotopic (exact) mass is 283 g/mol. The first kappa shape index (κ1) is 11.1. The highest BCUT2D eigenvalue weighted by Gasteiger charge is 2.14. The van der Waals surface area contributed by atoms with Crippen LogP contribution in [0.4, 0.5) is 0 Å². The SMILES string of the molecule is CCc1c(Br)cncc1-c1nn(C)c(=O)o1. The molecule has 2 aromatic heterocycles. The predicted molar refractivity (Wildman–Crippen MR) is 62.1 cm³/mol. The van der Waals surface area contributed by atoms with Gasteiger partial charge in [-0.05, 0) is 27.9 Å². The standard InChI is InChI=1S/C10H10BrN3O2/c1-3-6-7(4-12-5-8(6)11)9-13-14(2)10(15)16-9/h4-5H,3H2,1-2H3. The van der Waals surface area contributed by atoms with Gasteiger partial charge in [0.25, 0.3) is 5.89 Å². The van der Waals surface area contributed by atoms with Gasteiger partial charge in [0.15, 0.2) is 0 Å². The molecule has 2 aromatic rings. The molecular formula is C10H10BrN3O2. The summed E-state index contributed by atoms with van der Waals surface area (Å²) in [6.07, 6.45) is 4.16. The Balaban J connectivity index is 2.64. The number of halogens is 1. The van der Waals surface area contributed by atoms with E-state index in [4.69, 9.17) is 4.42 Å². The zero-order chi connectivity index (χ0) is 11.7. The quantitative estimate of drug-likeness (QED) is 0.843. The molecule has 0 saturated carbocycles. The topological polar surface area (TPSA) is 60.9 Å². The zero-order valence-electron chi connectivity index (χ0n) is 8.90. The van der Waals surface area contributed by atoms with Crippen molar-refractivity contribution in [3.63, 3.8) is 0 Å². The van der Waals surface area contributed by atoms with E-state index in [1.807, 2.05) is 6.92 Å². The molecule has 5 nitrogen and oxygen atoms in total. The molecule has 16 heavy (non-hydrogen) atoms. The van der Waals surface area contributed by atoms with Crippen molar-refractivity contribution >= 4 is 15.9 Å². The van der Waals surface area contributed by atoms with Gasteiger partial charge in [0, 0.05) is 23.9 Å². The van der Waals surface area contributed by atoms with Crippen molar-refractivity contribution in [2.75, 3.05) is 0 Å². The molecule has 84 valence electrons.